The standard InChI is InChI=1S/C21H18N2O4S/c1-25-15-8-7-13(11-18(15)26-2)12-22-20(24)16-9-10-17(27-16)21-23-14-5-3-4-6-19(14)28-21/h3-11H,12H2,1-2H3,(H,22,24). The normalized spacial score (nSPS) is 10.8. The molecule has 0 aliphatic rings. The largest absolute Gasteiger partial charge is 0.493 e. The highest BCUT2D eigenvalue weighted by Crippen LogP contribution is 2.31. The van der Waals surface area contributed by atoms with Crippen LogP contribution in [0.15, 0.2) is 59.0 Å². The maximum Gasteiger partial charge on any atom is 0.287 e. The Kier molecular flexibility index (Phi) is 4.99. The highest BCUT2D eigenvalue weighted by Gasteiger charge is 2.15. The zero-order valence-corrected chi connectivity index (χ0v) is 16.2. The molecule has 0 saturated heterocycles. The minimum absolute atomic E-state index is 0.245. The van der Waals surface area contributed by atoms with Crippen molar-refractivity contribution in [1.82, 2.24) is 10.3 Å². The summed E-state index contributed by atoms with van der Waals surface area (Å²) in [5, 5.41) is 3.60. The van der Waals surface area contributed by atoms with Crippen LogP contribution in [0.25, 0.3) is 21.0 Å². The van der Waals surface area contributed by atoms with Gasteiger partial charge in [-0.2, -0.15) is 0 Å². The third-order valence-corrected chi connectivity index (χ3v) is 5.29. The molecule has 0 atom stereocenters. The van der Waals surface area contributed by atoms with Crippen LogP contribution in [-0.4, -0.2) is 25.1 Å². The van der Waals surface area contributed by atoms with Gasteiger partial charge in [0.25, 0.3) is 5.91 Å². The van der Waals surface area contributed by atoms with Gasteiger partial charge in [0.05, 0.1) is 24.4 Å². The monoisotopic (exact) mass is 394 g/mol. The van der Waals surface area contributed by atoms with Gasteiger partial charge in [0, 0.05) is 6.54 Å². The Hall–Kier alpha value is -3.32. The molecule has 0 radical (unpaired) electrons. The second-order valence-electron chi connectivity index (χ2n) is 6.02. The lowest BCUT2D eigenvalue weighted by molar-refractivity contribution is 0.0924. The van der Waals surface area contributed by atoms with E-state index in [0.29, 0.717) is 23.8 Å². The maximum absolute atomic E-state index is 12.4. The molecule has 0 unspecified atom stereocenters. The van der Waals surface area contributed by atoms with Crippen molar-refractivity contribution in [3.05, 3.63) is 65.9 Å². The van der Waals surface area contributed by atoms with E-state index >= 15 is 0 Å². The first-order valence-corrected chi connectivity index (χ1v) is 9.44. The van der Waals surface area contributed by atoms with Gasteiger partial charge in [-0.15, -0.1) is 11.3 Å². The van der Waals surface area contributed by atoms with Gasteiger partial charge in [-0.1, -0.05) is 18.2 Å². The maximum atomic E-state index is 12.4. The number of carbonyl (C=O) groups excluding carboxylic acids is 1. The topological polar surface area (TPSA) is 73.6 Å². The van der Waals surface area contributed by atoms with Gasteiger partial charge in [-0.3, -0.25) is 4.79 Å². The summed E-state index contributed by atoms with van der Waals surface area (Å²) in [5.41, 5.74) is 1.81. The van der Waals surface area contributed by atoms with Crippen LogP contribution < -0.4 is 14.8 Å². The summed E-state index contributed by atoms with van der Waals surface area (Å²) in [5.74, 6) is 1.80. The number of benzene rings is 2. The van der Waals surface area contributed by atoms with E-state index in [2.05, 4.69) is 10.3 Å². The van der Waals surface area contributed by atoms with E-state index in [-0.39, 0.29) is 11.7 Å². The van der Waals surface area contributed by atoms with Crippen LogP contribution in [-0.2, 0) is 6.54 Å². The number of para-hydroxylation sites is 1. The molecule has 0 bridgehead atoms. The summed E-state index contributed by atoms with van der Waals surface area (Å²) in [4.78, 5) is 17.0. The molecule has 6 nitrogen and oxygen atoms in total. The number of carbonyl (C=O) groups is 1. The molecule has 2 heterocycles. The smallest absolute Gasteiger partial charge is 0.287 e. The average molecular weight is 394 g/mol. The molecule has 2 aromatic heterocycles. The average Bonchev–Trinajstić information content (AvgIpc) is 3.38. The predicted molar refractivity (Wildman–Crippen MR) is 108 cm³/mol. The fourth-order valence-electron chi connectivity index (χ4n) is 2.81. The van der Waals surface area contributed by atoms with Crippen LogP contribution in [0.3, 0.4) is 0 Å². The number of nitrogens with one attached hydrogen (secondary N) is 1. The number of nitrogens with zero attached hydrogens (tertiary/aromatic N) is 1. The number of amides is 1. The van der Waals surface area contributed by atoms with E-state index in [1.54, 1.807) is 32.4 Å². The lowest BCUT2D eigenvalue weighted by Gasteiger charge is -2.10. The molecule has 4 aromatic rings. The summed E-state index contributed by atoms with van der Waals surface area (Å²) in [6.45, 7) is 0.344. The van der Waals surface area contributed by atoms with Crippen molar-refractivity contribution < 1.29 is 18.7 Å². The molecule has 142 valence electrons. The van der Waals surface area contributed by atoms with E-state index in [9.17, 15) is 4.79 Å². The molecule has 4 rings (SSSR count). The van der Waals surface area contributed by atoms with E-state index in [1.807, 2.05) is 36.4 Å². The molecule has 0 aliphatic heterocycles. The van der Waals surface area contributed by atoms with Crippen LogP contribution in [0.1, 0.15) is 16.1 Å². The zero-order valence-electron chi connectivity index (χ0n) is 15.4. The number of furan rings is 1. The number of rotatable bonds is 6. The lowest BCUT2D eigenvalue weighted by atomic mass is 10.2. The Morgan fingerprint density at radius 1 is 1.07 bits per heavy atom. The summed E-state index contributed by atoms with van der Waals surface area (Å²) >= 11 is 1.53. The van der Waals surface area contributed by atoms with Crippen molar-refractivity contribution in [2.75, 3.05) is 14.2 Å². The van der Waals surface area contributed by atoms with Gasteiger partial charge < -0.3 is 19.2 Å². The first-order valence-electron chi connectivity index (χ1n) is 8.63. The third kappa shape index (κ3) is 3.57. The molecule has 1 N–H and O–H groups in total. The second-order valence-corrected chi connectivity index (χ2v) is 7.05. The molecule has 7 heteroatoms. The number of methoxy groups -OCH3 is 2. The number of ether oxygens (including phenoxy) is 2. The van der Waals surface area contributed by atoms with Crippen molar-refractivity contribution in [3.8, 4) is 22.3 Å². The molecular formula is C21H18N2O4S. The van der Waals surface area contributed by atoms with Crippen LogP contribution in [0.2, 0.25) is 0 Å². The van der Waals surface area contributed by atoms with Gasteiger partial charge in [0.15, 0.2) is 28.0 Å². The highest BCUT2D eigenvalue weighted by molar-refractivity contribution is 7.21. The van der Waals surface area contributed by atoms with Crippen LogP contribution in [0.5, 0.6) is 11.5 Å². The van der Waals surface area contributed by atoms with Crippen LogP contribution >= 0.6 is 11.3 Å². The van der Waals surface area contributed by atoms with Gasteiger partial charge >= 0.3 is 0 Å². The molecule has 0 saturated carbocycles. The Balaban J connectivity index is 1.46. The molecular weight excluding hydrogens is 376 g/mol. The van der Waals surface area contributed by atoms with Crippen LogP contribution in [0, 0.1) is 0 Å². The number of fused-ring (bicyclic) bond motifs is 1. The van der Waals surface area contributed by atoms with Crippen molar-refractivity contribution >= 4 is 27.5 Å². The van der Waals surface area contributed by atoms with E-state index in [1.165, 1.54) is 11.3 Å². The Morgan fingerprint density at radius 2 is 1.89 bits per heavy atom. The highest BCUT2D eigenvalue weighted by atomic mass is 32.1. The molecule has 0 fully saturated rings. The molecule has 0 spiro atoms. The molecule has 1 amide bonds. The molecule has 2 aromatic carbocycles. The van der Waals surface area contributed by atoms with Crippen molar-refractivity contribution in [1.29, 1.82) is 0 Å². The second kappa shape index (κ2) is 7.74. The zero-order chi connectivity index (χ0) is 19.5. The summed E-state index contributed by atoms with van der Waals surface area (Å²) < 4.78 is 17.3. The van der Waals surface area contributed by atoms with Gasteiger partial charge in [0.2, 0.25) is 0 Å². The van der Waals surface area contributed by atoms with E-state index in [0.717, 1.165) is 20.8 Å². The van der Waals surface area contributed by atoms with Crippen molar-refractivity contribution in [3.63, 3.8) is 0 Å². The first kappa shape index (κ1) is 18.1. The molecule has 0 aliphatic carbocycles. The Labute approximate surface area is 165 Å². The van der Waals surface area contributed by atoms with E-state index in [4.69, 9.17) is 13.9 Å². The van der Waals surface area contributed by atoms with Crippen molar-refractivity contribution in [2.45, 2.75) is 6.54 Å². The predicted octanol–water partition coefficient (Wildman–Crippen LogP) is 4.50. The van der Waals surface area contributed by atoms with Gasteiger partial charge in [-0.05, 0) is 42.0 Å². The van der Waals surface area contributed by atoms with Gasteiger partial charge in [-0.25, -0.2) is 4.98 Å². The Bertz CT molecular complexity index is 1100. The lowest BCUT2D eigenvalue weighted by Crippen LogP contribution is -2.22. The number of hydrogen-bond donors (Lipinski definition) is 1. The minimum atomic E-state index is -0.290. The Morgan fingerprint density at radius 3 is 2.68 bits per heavy atom. The van der Waals surface area contributed by atoms with Crippen LogP contribution in [0.4, 0.5) is 0 Å². The molecule has 28 heavy (non-hydrogen) atoms. The summed E-state index contributed by atoms with van der Waals surface area (Å²) in [7, 11) is 3.16. The fourth-order valence-corrected chi connectivity index (χ4v) is 3.74. The number of thiazole rings is 1. The summed E-state index contributed by atoms with van der Waals surface area (Å²) in [6.07, 6.45) is 0. The summed E-state index contributed by atoms with van der Waals surface area (Å²) in [6, 6.07) is 16.8. The van der Waals surface area contributed by atoms with Gasteiger partial charge in [0.1, 0.15) is 0 Å². The number of aromatic nitrogens is 1. The fraction of sp³-hybridized carbons (Fsp3) is 0.143. The third-order valence-electron chi connectivity index (χ3n) is 4.24. The quantitative estimate of drug-likeness (QED) is 0.521. The van der Waals surface area contributed by atoms with E-state index < -0.39 is 0 Å². The number of hydrogen-bond acceptors (Lipinski definition) is 6. The van der Waals surface area contributed by atoms with Crippen molar-refractivity contribution in [2.24, 2.45) is 0 Å². The SMILES string of the molecule is COc1ccc(CNC(=O)c2ccc(-c3nc4ccccc4s3)o2)cc1OC. The minimum Gasteiger partial charge on any atom is -0.493 e. The first-order chi connectivity index (χ1) is 13.7.